The van der Waals surface area contributed by atoms with Crippen LogP contribution in [0.5, 0.6) is 0 Å². The van der Waals surface area contributed by atoms with E-state index in [9.17, 15) is 35.9 Å². The first-order valence-electron chi connectivity index (χ1n) is 11.1. The second kappa shape index (κ2) is 11.6. The quantitative estimate of drug-likeness (QED) is 0.382. The summed E-state index contributed by atoms with van der Waals surface area (Å²) in [6.45, 7) is 2.54. The van der Waals surface area contributed by atoms with Crippen molar-refractivity contribution < 1.29 is 45.4 Å². The minimum absolute atomic E-state index is 0.0147. The normalized spacial score (nSPS) is 22.4. The zero-order chi connectivity index (χ0) is 26.5. The van der Waals surface area contributed by atoms with Crippen LogP contribution in [0.25, 0.3) is 0 Å². The molecule has 2 amide bonds. The van der Waals surface area contributed by atoms with Crippen molar-refractivity contribution in [2.45, 2.75) is 37.9 Å². The van der Waals surface area contributed by atoms with Gasteiger partial charge in [-0.15, -0.1) is 0 Å². The van der Waals surface area contributed by atoms with Crippen LogP contribution in [0.2, 0.25) is 0 Å². The van der Waals surface area contributed by atoms with Gasteiger partial charge in [-0.25, -0.2) is 15.4 Å². The molecule has 202 valence electrons. The standard InChI is InChI=1S/C20H26F6N6O4/c1-12(36-14-10-29-30-17(34)16(14)20(24,25)26)11-35-7-2-15(33)31-3-5-32(6-4-31)18-27-8-13(9-28-18)19(21,22)23/h8-9,12,14,16,29H,2-7,10-11H2,1H3,(H,30,34)/t12-,14?,16?/m1/s1. The molecule has 36 heavy (non-hydrogen) atoms. The molecule has 2 fully saturated rings. The van der Waals surface area contributed by atoms with Gasteiger partial charge in [0.1, 0.15) is 0 Å². The van der Waals surface area contributed by atoms with Crippen molar-refractivity contribution in [1.29, 1.82) is 0 Å². The van der Waals surface area contributed by atoms with Crippen LogP contribution in [0, 0.1) is 5.92 Å². The highest BCUT2D eigenvalue weighted by molar-refractivity contribution is 5.80. The number of hydrogen-bond acceptors (Lipinski definition) is 8. The Morgan fingerprint density at radius 2 is 1.78 bits per heavy atom. The lowest BCUT2D eigenvalue weighted by Gasteiger charge is -2.35. The van der Waals surface area contributed by atoms with E-state index in [1.54, 1.807) is 9.80 Å². The van der Waals surface area contributed by atoms with Crippen LogP contribution in [0.4, 0.5) is 32.3 Å². The number of halogens is 6. The Morgan fingerprint density at radius 1 is 1.14 bits per heavy atom. The molecule has 0 spiro atoms. The topological polar surface area (TPSA) is 109 Å². The lowest BCUT2D eigenvalue weighted by molar-refractivity contribution is -0.219. The van der Waals surface area contributed by atoms with Gasteiger partial charge < -0.3 is 19.3 Å². The third-order valence-corrected chi connectivity index (χ3v) is 5.62. The first-order chi connectivity index (χ1) is 16.9. The smallest absolute Gasteiger partial charge is 0.378 e. The summed E-state index contributed by atoms with van der Waals surface area (Å²) in [6.07, 6.45) is -9.99. The summed E-state index contributed by atoms with van der Waals surface area (Å²) in [5, 5.41) is 0. The van der Waals surface area contributed by atoms with Gasteiger partial charge in [0.2, 0.25) is 17.8 Å². The Morgan fingerprint density at radius 3 is 2.36 bits per heavy atom. The Labute approximate surface area is 202 Å². The maximum absolute atomic E-state index is 13.2. The molecule has 1 aromatic rings. The van der Waals surface area contributed by atoms with Crippen molar-refractivity contribution >= 4 is 17.8 Å². The molecule has 3 rings (SSSR count). The number of amides is 2. The van der Waals surface area contributed by atoms with Crippen molar-refractivity contribution in [3.8, 4) is 0 Å². The number of carbonyl (C=O) groups excluding carboxylic acids is 2. The van der Waals surface area contributed by atoms with Crippen molar-refractivity contribution in [2.24, 2.45) is 5.92 Å². The Balaban J connectivity index is 1.36. The number of hydrazine groups is 1. The average molecular weight is 528 g/mol. The lowest BCUT2D eigenvalue weighted by atomic mass is 9.99. The highest BCUT2D eigenvalue weighted by Gasteiger charge is 2.52. The predicted molar refractivity (Wildman–Crippen MR) is 111 cm³/mol. The average Bonchev–Trinajstić information content (AvgIpc) is 2.80. The van der Waals surface area contributed by atoms with Crippen LogP contribution in [0.3, 0.4) is 0 Å². The Bertz CT molecular complexity index is 892. The van der Waals surface area contributed by atoms with Gasteiger partial charge in [0.25, 0.3) is 0 Å². The summed E-state index contributed by atoms with van der Waals surface area (Å²) < 4.78 is 88.1. The fraction of sp³-hybridized carbons (Fsp3) is 0.700. The molecule has 2 unspecified atom stereocenters. The number of carbonyl (C=O) groups is 2. The summed E-state index contributed by atoms with van der Waals surface area (Å²) in [5.41, 5.74) is 3.36. The fourth-order valence-electron chi connectivity index (χ4n) is 3.78. The largest absolute Gasteiger partial charge is 0.419 e. The highest BCUT2D eigenvalue weighted by atomic mass is 19.4. The Kier molecular flexibility index (Phi) is 8.94. The highest BCUT2D eigenvalue weighted by Crippen LogP contribution is 2.32. The van der Waals surface area contributed by atoms with Crippen LogP contribution in [-0.2, 0) is 25.2 Å². The second-order valence-corrected chi connectivity index (χ2v) is 8.34. The van der Waals surface area contributed by atoms with Gasteiger partial charge in [0, 0.05) is 45.1 Å². The number of anilines is 1. The maximum atomic E-state index is 13.2. The van der Waals surface area contributed by atoms with Crippen molar-refractivity contribution in [2.75, 3.05) is 50.8 Å². The molecule has 0 saturated carbocycles. The van der Waals surface area contributed by atoms with Crippen LogP contribution in [0.1, 0.15) is 18.9 Å². The van der Waals surface area contributed by atoms with E-state index in [-0.39, 0.29) is 38.0 Å². The van der Waals surface area contributed by atoms with Gasteiger partial charge in [-0.3, -0.25) is 15.0 Å². The van der Waals surface area contributed by atoms with Crippen LogP contribution >= 0.6 is 0 Å². The van der Waals surface area contributed by atoms with Crippen LogP contribution in [0.15, 0.2) is 12.4 Å². The molecule has 3 heterocycles. The molecule has 1 aromatic heterocycles. The van der Waals surface area contributed by atoms with E-state index in [2.05, 4.69) is 15.4 Å². The molecule has 2 saturated heterocycles. The molecule has 16 heteroatoms. The summed E-state index contributed by atoms with van der Waals surface area (Å²) >= 11 is 0. The Hall–Kier alpha value is -2.72. The van der Waals surface area contributed by atoms with Gasteiger partial charge >= 0.3 is 12.4 Å². The van der Waals surface area contributed by atoms with Crippen LogP contribution < -0.4 is 15.8 Å². The molecule has 0 aromatic carbocycles. The van der Waals surface area contributed by atoms with Gasteiger partial charge in [-0.2, -0.15) is 26.3 Å². The van der Waals surface area contributed by atoms with Crippen molar-refractivity contribution in [3.05, 3.63) is 18.0 Å². The summed E-state index contributed by atoms with van der Waals surface area (Å²) in [6, 6.07) is 0. The minimum Gasteiger partial charge on any atom is -0.378 e. The maximum Gasteiger partial charge on any atom is 0.419 e. The van der Waals surface area contributed by atoms with E-state index in [1.165, 1.54) is 6.92 Å². The molecule has 2 aliphatic heterocycles. The van der Waals surface area contributed by atoms with Gasteiger partial charge in [-0.05, 0) is 6.92 Å². The molecule has 0 aliphatic carbocycles. The molecule has 0 bridgehead atoms. The number of nitrogens with zero attached hydrogens (tertiary/aromatic N) is 4. The molecule has 2 N–H and O–H groups in total. The molecule has 3 atom stereocenters. The molecular formula is C20H26F6N6O4. The SMILES string of the molecule is C[C@H](COCCC(=O)N1CCN(c2ncc(C(F)(F)F)cn2)CC1)OC1CNNC(=O)C1C(F)(F)F. The van der Waals surface area contributed by atoms with Gasteiger partial charge in [-0.1, -0.05) is 0 Å². The third kappa shape index (κ3) is 7.39. The molecule has 2 aliphatic rings. The minimum atomic E-state index is -4.76. The molecule has 0 radical (unpaired) electrons. The number of nitrogens with one attached hydrogen (secondary N) is 2. The van der Waals surface area contributed by atoms with E-state index in [1.807, 2.05) is 5.43 Å². The number of rotatable bonds is 8. The second-order valence-electron chi connectivity index (χ2n) is 8.34. The number of ether oxygens (including phenoxy) is 2. The number of hydrogen-bond donors (Lipinski definition) is 2. The monoisotopic (exact) mass is 528 g/mol. The summed E-state index contributed by atoms with van der Waals surface area (Å²) in [4.78, 5) is 34.7. The fourth-order valence-corrected chi connectivity index (χ4v) is 3.78. The number of alkyl halides is 6. The van der Waals surface area contributed by atoms with E-state index < -0.39 is 41.9 Å². The summed E-state index contributed by atoms with van der Waals surface area (Å²) in [7, 11) is 0. The van der Waals surface area contributed by atoms with E-state index >= 15 is 0 Å². The third-order valence-electron chi connectivity index (χ3n) is 5.62. The number of piperazine rings is 1. The molecule has 10 nitrogen and oxygen atoms in total. The van der Waals surface area contributed by atoms with E-state index in [0.717, 1.165) is 0 Å². The zero-order valence-corrected chi connectivity index (χ0v) is 19.2. The first kappa shape index (κ1) is 27.9. The van der Waals surface area contributed by atoms with E-state index in [4.69, 9.17) is 9.47 Å². The lowest BCUT2D eigenvalue weighted by Crippen LogP contribution is -2.60. The number of aromatic nitrogens is 2. The van der Waals surface area contributed by atoms with Crippen LogP contribution in [-0.4, -0.2) is 91.0 Å². The first-order valence-corrected chi connectivity index (χ1v) is 11.1. The van der Waals surface area contributed by atoms with E-state index in [0.29, 0.717) is 38.6 Å². The van der Waals surface area contributed by atoms with Gasteiger partial charge in [0.15, 0.2) is 5.92 Å². The molecular weight excluding hydrogens is 502 g/mol. The van der Waals surface area contributed by atoms with Crippen molar-refractivity contribution in [3.63, 3.8) is 0 Å². The zero-order valence-electron chi connectivity index (χ0n) is 19.2. The van der Waals surface area contributed by atoms with Gasteiger partial charge in [0.05, 0.1) is 37.4 Å². The summed E-state index contributed by atoms with van der Waals surface area (Å²) in [5.74, 6) is -3.58. The predicted octanol–water partition coefficient (Wildman–Crippen LogP) is 1.14. The van der Waals surface area contributed by atoms with Crippen molar-refractivity contribution in [1.82, 2.24) is 25.7 Å².